The van der Waals surface area contributed by atoms with Gasteiger partial charge in [0, 0.05) is 18.9 Å². The second-order valence-electron chi connectivity index (χ2n) is 8.47. The van der Waals surface area contributed by atoms with Gasteiger partial charge in [0.15, 0.2) is 8.32 Å². The van der Waals surface area contributed by atoms with E-state index in [4.69, 9.17) is 9.16 Å². The molecule has 1 aromatic heterocycles. The van der Waals surface area contributed by atoms with Crippen molar-refractivity contribution in [3.8, 4) is 0 Å². The molecule has 1 amide bonds. The summed E-state index contributed by atoms with van der Waals surface area (Å²) in [4.78, 5) is 18.4. The van der Waals surface area contributed by atoms with E-state index in [0.29, 0.717) is 6.54 Å². The van der Waals surface area contributed by atoms with Crippen LogP contribution in [0.5, 0.6) is 0 Å². The maximum absolute atomic E-state index is 12.5. The highest BCUT2D eigenvalue weighted by atomic mass is 28.4. The highest BCUT2D eigenvalue weighted by Crippen LogP contribution is 2.39. The van der Waals surface area contributed by atoms with Gasteiger partial charge >= 0.3 is 6.09 Å². The molecule has 148 valence electrons. The molecule has 0 bridgehead atoms. The molecular weight excluding hydrogens is 356 g/mol. The van der Waals surface area contributed by atoms with E-state index in [2.05, 4.69) is 45.4 Å². The van der Waals surface area contributed by atoms with Crippen LogP contribution in [-0.2, 0) is 9.16 Å². The molecule has 0 N–H and O–H groups in total. The summed E-state index contributed by atoms with van der Waals surface area (Å²) in [6, 6.07) is 3.83. The molecule has 5 nitrogen and oxygen atoms in total. The third kappa shape index (κ3) is 5.78. The van der Waals surface area contributed by atoms with Crippen LogP contribution in [0.25, 0.3) is 6.08 Å². The van der Waals surface area contributed by atoms with Gasteiger partial charge in [-0.25, -0.2) is 4.79 Å². The largest absolute Gasteiger partial charge is 0.445 e. The molecule has 27 heavy (non-hydrogen) atoms. The van der Waals surface area contributed by atoms with Gasteiger partial charge in [0.25, 0.3) is 0 Å². The lowest BCUT2D eigenvalue weighted by Gasteiger charge is -2.38. The van der Waals surface area contributed by atoms with Gasteiger partial charge < -0.3 is 9.16 Å². The zero-order chi connectivity index (χ0) is 20.1. The van der Waals surface area contributed by atoms with E-state index in [1.165, 1.54) is 0 Å². The fraction of sp³-hybridized carbons (Fsp3) is 0.524. The summed E-state index contributed by atoms with van der Waals surface area (Å²) < 4.78 is 11.8. The number of hydrogen-bond donors (Lipinski definition) is 0. The van der Waals surface area contributed by atoms with Crippen molar-refractivity contribution in [2.75, 3.05) is 13.2 Å². The van der Waals surface area contributed by atoms with Crippen LogP contribution in [0.15, 0.2) is 43.3 Å². The smallest absolute Gasteiger partial charge is 0.410 e. The number of hydrogen-bond acceptors (Lipinski definition) is 4. The van der Waals surface area contributed by atoms with Crippen LogP contribution < -0.4 is 0 Å². The van der Waals surface area contributed by atoms with Crippen molar-refractivity contribution < 1.29 is 14.0 Å². The molecule has 0 saturated carbocycles. The molecule has 0 aliphatic carbocycles. The molecule has 2 unspecified atom stereocenters. The molecule has 0 aromatic carbocycles. The summed E-state index contributed by atoms with van der Waals surface area (Å²) in [6.07, 6.45) is 9.64. The van der Waals surface area contributed by atoms with Crippen LogP contribution >= 0.6 is 0 Å². The quantitative estimate of drug-likeness (QED) is 0.515. The van der Waals surface area contributed by atoms with Gasteiger partial charge in [-0.05, 0) is 36.2 Å². The lowest BCUT2D eigenvalue weighted by molar-refractivity contribution is 0.108. The summed E-state index contributed by atoms with van der Waals surface area (Å²) in [5.41, 5.74) is 1.01. The number of ether oxygens (including phenoxy) is 1. The van der Waals surface area contributed by atoms with E-state index < -0.39 is 8.32 Å². The molecule has 2 heterocycles. The molecule has 1 fully saturated rings. The second-order valence-corrected chi connectivity index (χ2v) is 13.2. The van der Waals surface area contributed by atoms with Gasteiger partial charge in [-0.15, -0.1) is 0 Å². The van der Waals surface area contributed by atoms with E-state index in [1.54, 1.807) is 23.4 Å². The van der Waals surface area contributed by atoms with E-state index in [0.717, 1.165) is 12.0 Å². The average molecular weight is 389 g/mol. The number of carbonyl (C=O) groups is 1. The summed E-state index contributed by atoms with van der Waals surface area (Å²) in [6.45, 7) is 15.5. The minimum Gasteiger partial charge on any atom is -0.445 e. The molecule has 2 atom stereocenters. The molecule has 1 saturated heterocycles. The third-order valence-electron chi connectivity index (χ3n) is 5.33. The number of pyridine rings is 1. The monoisotopic (exact) mass is 388 g/mol. The number of aromatic nitrogens is 1. The first-order valence-electron chi connectivity index (χ1n) is 9.44. The summed E-state index contributed by atoms with van der Waals surface area (Å²) in [5, 5.41) is 0.130. The van der Waals surface area contributed by atoms with Crippen LogP contribution in [-0.4, -0.2) is 49.6 Å². The predicted molar refractivity (Wildman–Crippen MR) is 112 cm³/mol. The van der Waals surface area contributed by atoms with Crippen molar-refractivity contribution in [2.24, 2.45) is 0 Å². The lowest BCUT2D eigenvalue weighted by atomic mass is 10.1. The van der Waals surface area contributed by atoms with Crippen LogP contribution in [0, 0.1) is 0 Å². The number of rotatable bonds is 6. The number of amides is 1. The Morgan fingerprint density at radius 2 is 2.19 bits per heavy atom. The van der Waals surface area contributed by atoms with Crippen molar-refractivity contribution in [3.05, 3.63) is 48.8 Å². The Morgan fingerprint density at radius 3 is 2.78 bits per heavy atom. The minimum absolute atomic E-state index is 0.0192. The van der Waals surface area contributed by atoms with Gasteiger partial charge in [0.1, 0.15) is 6.61 Å². The Bertz CT molecular complexity index is 668. The highest BCUT2D eigenvalue weighted by molar-refractivity contribution is 6.74. The maximum Gasteiger partial charge on any atom is 0.410 e. The lowest BCUT2D eigenvalue weighted by Crippen LogP contribution is -2.44. The zero-order valence-corrected chi connectivity index (χ0v) is 18.1. The number of likely N-dealkylation sites (tertiary alicyclic amines) is 1. The van der Waals surface area contributed by atoms with Crippen molar-refractivity contribution in [3.63, 3.8) is 0 Å². The van der Waals surface area contributed by atoms with Crippen molar-refractivity contribution in [1.82, 2.24) is 9.88 Å². The fourth-order valence-corrected chi connectivity index (χ4v) is 4.16. The first-order chi connectivity index (χ1) is 12.6. The number of nitrogens with zero attached hydrogens (tertiary/aromatic N) is 2. The van der Waals surface area contributed by atoms with E-state index in [9.17, 15) is 4.79 Å². The van der Waals surface area contributed by atoms with Crippen LogP contribution in [0.1, 0.15) is 32.8 Å². The Kier molecular flexibility index (Phi) is 7.00. The average Bonchev–Trinajstić information content (AvgIpc) is 3.00. The molecule has 6 heteroatoms. The summed E-state index contributed by atoms with van der Waals surface area (Å²) in [5.74, 6) is 0. The topological polar surface area (TPSA) is 51.7 Å². The standard InChI is InChI=1S/C21H32N2O3Si/c1-7-13-25-20(24)23-16-19(26-27(5,6)21(2,3)4)14-18(23)11-10-17-9-8-12-22-15-17/h7-12,15,18-19H,1,13-14,16H2,2-6H3. The van der Waals surface area contributed by atoms with Crippen molar-refractivity contribution in [2.45, 2.75) is 57.5 Å². The van der Waals surface area contributed by atoms with Crippen molar-refractivity contribution in [1.29, 1.82) is 0 Å². The van der Waals surface area contributed by atoms with Crippen LogP contribution in [0.4, 0.5) is 4.79 Å². The predicted octanol–water partition coefficient (Wildman–Crippen LogP) is 4.88. The van der Waals surface area contributed by atoms with Gasteiger partial charge in [0.2, 0.25) is 0 Å². The molecule has 0 spiro atoms. The fourth-order valence-electron chi connectivity index (χ4n) is 2.81. The second kappa shape index (κ2) is 8.84. The first kappa shape index (κ1) is 21.4. The molecule has 1 aliphatic rings. The first-order valence-corrected chi connectivity index (χ1v) is 12.4. The molecule has 2 rings (SSSR count). The Hall–Kier alpha value is -1.92. The molecular formula is C21H32N2O3Si. The van der Waals surface area contributed by atoms with Crippen LogP contribution in [0.2, 0.25) is 18.1 Å². The number of carbonyl (C=O) groups excluding carboxylic acids is 1. The SMILES string of the molecule is C=CCOC(=O)N1CC(O[Si](C)(C)C(C)(C)C)CC1C=Cc1cccnc1. The highest BCUT2D eigenvalue weighted by Gasteiger charge is 2.43. The molecule has 1 aliphatic heterocycles. The van der Waals surface area contributed by atoms with Crippen molar-refractivity contribution >= 4 is 20.5 Å². The zero-order valence-electron chi connectivity index (χ0n) is 17.1. The summed E-state index contributed by atoms with van der Waals surface area (Å²) >= 11 is 0. The Labute approximate surface area is 164 Å². The van der Waals surface area contributed by atoms with Gasteiger partial charge in [-0.2, -0.15) is 0 Å². The van der Waals surface area contributed by atoms with E-state index >= 15 is 0 Å². The molecule has 0 radical (unpaired) electrons. The van der Waals surface area contributed by atoms with Gasteiger partial charge in [-0.1, -0.05) is 51.6 Å². The normalized spacial score (nSPS) is 20.9. The maximum atomic E-state index is 12.5. The Balaban J connectivity index is 2.14. The van der Waals surface area contributed by atoms with E-state index in [-0.39, 0.29) is 29.9 Å². The minimum atomic E-state index is -1.91. The molecule has 1 aromatic rings. The summed E-state index contributed by atoms with van der Waals surface area (Å²) in [7, 11) is -1.91. The van der Waals surface area contributed by atoms with Crippen LogP contribution in [0.3, 0.4) is 0 Å². The van der Waals surface area contributed by atoms with Gasteiger partial charge in [-0.3, -0.25) is 9.88 Å². The van der Waals surface area contributed by atoms with Gasteiger partial charge in [0.05, 0.1) is 12.1 Å². The third-order valence-corrected chi connectivity index (χ3v) is 9.86. The Morgan fingerprint density at radius 1 is 1.44 bits per heavy atom. The van der Waals surface area contributed by atoms with E-state index in [1.807, 2.05) is 24.3 Å².